The van der Waals surface area contributed by atoms with E-state index in [1.165, 1.54) is 46.4 Å². The molecule has 0 N–H and O–H groups in total. The summed E-state index contributed by atoms with van der Waals surface area (Å²) < 4.78 is 0. The zero-order valence-corrected chi connectivity index (χ0v) is 20.8. The van der Waals surface area contributed by atoms with Crippen molar-refractivity contribution >= 4 is 17.2 Å². The molecular weight excluding hydrogens is 410 g/mol. The van der Waals surface area contributed by atoms with Crippen LogP contribution in [-0.2, 0) is 6.42 Å². The van der Waals surface area contributed by atoms with Gasteiger partial charge in [-0.3, -0.25) is 0 Å². The van der Waals surface area contributed by atoms with Crippen molar-refractivity contribution in [1.29, 1.82) is 0 Å². The Morgan fingerprint density at radius 2 is 1.94 bits per heavy atom. The molecule has 1 aromatic carbocycles. The molecule has 1 fully saturated rings. The van der Waals surface area contributed by atoms with Gasteiger partial charge in [-0.2, -0.15) is 0 Å². The molecule has 3 rings (SSSR count). The summed E-state index contributed by atoms with van der Waals surface area (Å²) in [5.74, 6) is 0. The SMILES string of the molecule is C=C(CCC(/C=C\C)=C/C)N1CCC/C(=C2\C/C(=C\C=C/C)CCc3cc(Cl)ccc32)C1. The summed E-state index contributed by atoms with van der Waals surface area (Å²) in [4.78, 5) is 2.52. The maximum absolute atomic E-state index is 6.37. The Hall–Kier alpha value is -2.25. The first-order valence-electron chi connectivity index (χ1n) is 12.1. The summed E-state index contributed by atoms with van der Waals surface area (Å²) in [5, 5.41) is 0.841. The number of fused-ring (bicyclic) bond motifs is 1. The van der Waals surface area contributed by atoms with Crippen LogP contribution in [0.25, 0.3) is 5.57 Å². The van der Waals surface area contributed by atoms with Crippen molar-refractivity contribution in [2.24, 2.45) is 0 Å². The molecule has 32 heavy (non-hydrogen) atoms. The van der Waals surface area contributed by atoms with Crippen LogP contribution in [0.1, 0.15) is 70.4 Å². The molecule has 1 aromatic rings. The van der Waals surface area contributed by atoms with Crippen LogP contribution < -0.4 is 0 Å². The van der Waals surface area contributed by atoms with Gasteiger partial charge in [-0.15, -0.1) is 0 Å². The third-order valence-electron chi connectivity index (χ3n) is 6.65. The fourth-order valence-electron chi connectivity index (χ4n) is 4.83. The number of aryl methyl sites for hydroxylation is 1. The Morgan fingerprint density at radius 1 is 1.09 bits per heavy atom. The lowest BCUT2D eigenvalue weighted by Gasteiger charge is -2.34. The molecule has 0 atom stereocenters. The van der Waals surface area contributed by atoms with Gasteiger partial charge in [0.05, 0.1) is 0 Å². The Morgan fingerprint density at radius 3 is 2.69 bits per heavy atom. The number of hydrogen-bond donors (Lipinski definition) is 0. The standard InChI is InChI=1S/C30H38ClN/c1-5-8-11-25-15-16-26-21-28(31)17-18-29(26)30(20-25)27-12-9-19-32(22-27)23(4)13-14-24(7-3)10-6-2/h5-8,10-11,17-18,21H,4,9,12-16,19-20,22H2,1-3H3/b8-5-,10-6-,24-7+,25-11-,30-27-. The van der Waals surface area contributed by atoms with Crippen molar-refractivity contribution in [1.82, 2.24) is 4.90 Å². The quantitative estimate of drug-likeness (QED) is 0.311. The maximum atomic E-state index is 6.37. The van der Waals surface area contributed by atoms with Crippen LogP contribution in [0.2, 0.25) is 5.02 Å². The number of rotatable bonds is 6. The summed E-state index contributed by atoms with van der Waals surface area (Å²) in [6.45, 7) is 12.9. The minimum atomic E-state index is 0.841. The van der Waals surface area contributed by atoms with E-state index >= 15 is 0 Å². The molecule has 0 amide bonds. The van der Waals surface area contributed by atoms with Gasteiger partial charge in [0.15, 0.2) is 0 Å². The molecule has 1 saturated heterocycles. The third-order valence-corrected chi connectivity index (χ3v) is 6.89. The highest BCUT2D eigenvalue weighted by atomic mass is 35.5. The van der Waals surface area contributed by atoms with E-state index in [9.17, 15) is 0 Å². The van der Waals surface area contributed by atoms with Crippen LogP contribution >= 0.6 is 11.6 Å². The van der Waals surface area contributed by atoms with Crippen LogP contribution in [-0.4, -0.2) is 18.0 Å². The average molecular weight is 448 g/mol. The number of halogens is 1. The van der Waals surface area contributed by atoms with E-state index in [-0.39, 0.29) is 0 Å². The summed E-state index contributed by atoms with van der Waals surface area (Å²) >= 11 is 6.37. The number of nitrogens with zero attached hydrogens (tertiary/aromatic N) is 1. The van der Waals surface area contributed by atoms with Crippen LogP contribution in [0.3, 0.4) is 0 Å². The second-order valence-corrected chi connectivity index (χ2v) is 9.30. The molecule has 2 heteroatoms. The minimum absolute atomic E-state index is 0.841. The molecule has 170 valence electrons. The van der Waals surface area contributed by atoms with Gasteiger partial charge in [0.2, 0.25) is 0 Å². The van der Waals surface area contributed by atoms with Crippen molar-refractivity contribution in [3.05, 3.63) is 99.8 Å². The van der Waals surface area contributed by atoms with E-state index in [1.807, 2.05) is 0 Å². The summed E-state index contributed by atoms with van der Waals surface area (Å²) in [6, 6.07) is 6.48. The van der Waals surface area contributed by atoms with Crippen LogP contribution in [0, 0.1) is 0 Å². The van der Waals surface area contributed by atoms with E-state index in [0.717, 1.165) is 50.2 Å². The van der Waals surface area contributed by atoms with Crippen molar-refractivity contribution in [3.8, 4) is 0 Å². The predicted molar refractivity (Wildman–Crippen MR) is 142 cm³/mol. The molecule has 1 aliphatic carbocycles. The Bertz CT molecular complexity index is 971. The minimum Gasteiger partial charge on any atom is -0.371 e. The lowest BCUT2D eigenvalue weighted by Crippen LogP contribution is -2.31. The second-order valence-electron chi connectivity index (χ2n) is 8.87. The highest BCUT2D eigenvalue weighted by Crippen LogP contribution is 2.38. The van der Waals surface area contributed by atoms with Gasteiger partial charge in [-0.1, -0.05) is 71.8 Å². The van der Waals surface area contributed by atoms with Gasteiger partial charge in [0, 0.05) is 23.8 Å². The Labute approximate surface area is 200 Å². The first-order chi connectivity index (χ1) is 15.5. The molecule has 0 radical (unpaired) electrons. The van der Waals surface area contributed by atoms with Gasteiger partial charge in [0.25, 0.3) is 0 Å². The van der Waals surface area contributed by atoms with Crippen molar-refractivity contribution in [2.75, 3.05) is 13.1 Å². The van der Waals surface area contributed by atoms with Gasteiger partial charge in [-0.05, 0) is 100 Å². The molecule has 1 heterocycles. The van der Waals surface area contributed by atoms with E-state index in [4.69, 9.17) is 11.6 Å². The number of likely N-dealkylation sites (tertiary alicyclic amines) is 1. The largest absolute Gasteiger partial charge is 0.371 e. The lowest BCUT2D eigenvalue weighted by atomic mass is 9.89. The van der Waals surface area contributed by atoms with E-state index in [0.29, 0.717) is 0 Å². The zero-order chi connectivity index (χ0) is 22.9. The highest BCUT2D eigenvalue weighted by molar-refractivity contribution is 6.30. The number of allylic oxidation sites excluding steroid dienone is 10. The van der Waals surface area contributed by atoms with Crippen LogP contribution in [0.5, 0.6) is 0 Å². The van der Waals surface area contributed by atoms with E-state index in [1.54, 1.807) is 5.57 Å². The third kappa shape index (κ3) is 6.39. The summed E-state index contributed by atoms with van der Waals surface area (Å²) in [6.07, 6.45) is 20.8. The Balaban J connectivity index is 1.87. The summed E-state index contributed by atoms with van der Waals surface area (Å²) in [7, 11) is 0. The van der Waals surface area contributed by atoms with Crippen molar-refractivity contribution in [3.63, 3.8) is 0 Å². The normalized spacial score (nSPS) is 21.4. The molecule has 0 spiro atoms. The van der Waals surface area contributed by atoms with Gasteiger partial charge < -0.3 is 4.90 Å². The monoisotopic (exact) mass is 447 g/mol. The zero-order valence-electron chi connectivity index (χ0n) is 20.1. The van der Waals surface area contributed by atoms with Crippen LogP contribution in [0.4, 0.5) is 0 Å². The number of benzene rings is 1. The first-order valence-corrected chi connectivity index (χ1v) is 12.4. The van der Waals surface area contributed by atoms with Gasteiger partial charge >= 0.3 is 0 Å². The number of hydrogen-bond acceptors (Lipinski definition) is 1. The first kappa shape index (κ1) is 24.4. The maximum Gasteiger partial charge on any atom is 0.0409 e. The predicted octanol–water partition coefficient (Wildman–Crippen LogP) is 8.84. The topological polar surface area (TPSA) is 3.24 Å². The molecular formula is C30H38ClN. The molecule has 0 aromatic heterocycles. The van der Waals surface area contributed by atoms with Crippen molar-refractivity contribution < 1.29 is 0 Å². The van der Waals surface area contributed by atoms with E-state index in [2.05, 4.69) is 86.9 Å². The summed E-state index contributed by atoms with van der Waals surface area (Å²) in [5.41, 5.74) is 10.1. The van der Waals surface area contributed by atoms with E-state index < -0.39 is 0 Å². The average Bonchev–Trinajstić information content (AvgIpc) is 2.99. The fraction of sp³-hybridized carbons (Fsp3) is 0.400. The second kappa shape index (κ2) is 12.1. The van der Waals surface area contributed by atoms with Gasteiger partial charge in [-0.25, -0.2) is 0 Å². The lowest BCUT2D eigenvalue weighted by molar-refractivity contribution is 0.322. The molecule has 1 aliphatic heterocycles. The Kier molecular flexibility index (Phi) is 9.23. The van der Waals surface area contributed by atoms with Gasteiger partial charge in [0.1, 0.15) is 0 Å². The molecule has 0 saturated carbocycles. The number of piperidine rings is 1. The fourth-order valence-corrected chi connectivity index (χ4v) is 5.03. The molecule has 0 bridgehead atoms. The smallest absolute Gasteiger partial charge is 0.0409 e. The molecule has 1 nitrogen and oxygen atoms in total. The molecule has 2 aliphatic rings. The molecule has 0 unspecified atom stereocenters. The highest BCUT2D eigenvalue weighted by Gasteiger charge is 2.23. The van der Waals surface area contributed by atoms with Crippen LogP contribution in [0.15, 0.2) is 83.7 Å². The van der Waals surface area contributed by atoms with Crippen molar-refractivity contribution in [2.45, 2.75) is 65.7 Å².